The number of rotatable bonds is 6. The van der Waals surface area contributed by atoms with Crippen molar-refractivity contribution in [3.05, 3.63) is 57.8 Å². The molecule has 0 bridgehead atoms. The maximum absolute atomic E-state index is 12.6. The smallest absolute Gasteiger partial charge is 0.416 e. The molecule has 13 heteroatoms. The van der Waals surface area contributed by atoms with E-state index in [1.807, 2.05) is 6.92 Å². The van der Waals surface area contributed by atoms with Crippen LogP contribution in [-0.2, 0) is 17.5 Å². The zero-order valence-electron chi connectivity index (χ0n) is 18.9. The van der Waals surface area contributed by atoms with Gasteiger partial charge in [-0.1, -0.05) is 18.2 Å². The molecule has 2 aliphatic heterocycles. The molecule has 0 spiro atoms. The third-order valence-corrected chi connectivity index (χ3v) is 5.80. The highest BCUT2D eigenvalue weighted by molar-refractivity contribution is 5.68. The SMILES string of the molecule is C[C@@]1(CN2CCN(C(=O)OC/C=C/c3ccc(C(F)(F)F)cc3)CC2)Cn2cc([N+](=O)[O-])nc2O1. The number of nitro groups is 1. The Bertz CT molecular complexity index is 1080. The summed E-state index contributed by atoms with van der Waals surface area (Å²) in [4.78, 5) is 30.2. The number of ether oxygens (including phenoxy) is 2. The maximum atomic E-state index is 12.6. The van der Waals surface area contributed by atoms with E-state index in [-0.39, 0.29) is 18.4 Å². The third kappa shape index (κ3) is 5.91. The largest absolute Gasteiger partial charge is 0.445 e. The zero-order valence-corrected chi connectivity index (χ0v) is 18.9. The Kier molecular flexibility index (Phi) is 6.70. The van der Waals surface area contributed by atoms with Gasteiger partial charge in [0.1, 0.15) is 18.4 Å². The molecule has 35 heavy (non-hydrogen) atoms. The van der Waals surface area contributed by atoms with Crippen LogP contribution in [0, 0.1) is 10.1 Å². The first kappa shape index (κ1) is 24.5. The van der Waals surface area contributed by atoms with E-state index in [1.165, 1.54) is 18.3 Å². The predicted molar refractivity (Wildman–Crippen MR) is 118 cm³/mol. The maximum Gasteiger partial charge on any atom is 0.416 e. The van der Waals surface area contributed by atoms with Crippen LogP contribution in [0.2, 0.25) is 0 Å². The van der Waals surface area contributed by atoms with Crippen molar-refractivity contribution in [2.24, 2.45) is 0 Å². The van der Waals surface area contributed by atoms with E-state index >= 15 is 0 Å². The van der Waals surface area contributed by atoms with Crippen LogP contribution in [0.15, 0.2) is 36.5 Å². The molecule has 1 atom stereocenters. The summed E-state index contributed by atoms with van der Waals surface area (Å²) < 4.78 is 50.5. The van der Waals surface area contributed by atoms with Gasteiger partial charge in [0.2, 0.25) is 0 Å². The van der Waals surface area contributed by atoms with Crippen molar-refractivity contribution in [2.45, 2.75) is 25.2 Å². The number of piperazine rings is 1. The summed E-state index contributed by atoms with van der Waals surface area (Å²) in [5.41, 5.74) is -0.728. The van der Waals surface area contributed by atoms with Crippen LogP contribution in [-0.4, -0.2) is 75.3 Å². The number of carbonyl (C=O) groups excluding carboxylic acids is 1. The van der Waals surface area contributed by atoms with E-state index in [9.17, 15) is 28.1 Å². The number of hydrogen-bond donors (Lipinski definition) is 0. The van der Waals surface area contributed by atoms with Crippen LogP contribution < -0.4 is 4.74 Å². The summed E-state index contributed by atoms with van der Waals surface area (Å²) in [5.74, 6) is -0.247. The van der Waals surface area contributed by atoms with Crippen molar-refractivity contribution in [3.8, 4) is 6.01 Å². The summed E-state index contributed by atoms with van der Waals surface area (Å²) in [7, 11) is 0. The van der Waals surface area contributed by atoms with Gasteiger partial charge in [-0.2, -0.15) is 13.2 Å². The van der Waals surface area contributed by atoms with Crippen LogP contribution in [0.1, 0.15) is 18.1 Å². The molecule has 0 saturated carbocycles. The van der Waals surface area contributed by atoms with Gasteiger partial charge in [0.05, 0.1) is 12.1 Å². The molecule has 0 radical (unpaired) electrons. The molecule has 1 aromatic carbocycles. The van der Waals surface area contributed by atoms with Gasteiger partial charge >= 0.3 is 24.1 Å². The van der Waals surface area contributed by atoms with Gasteiger partial charge in [-0.3, -0.25) is 9.47 Å². The summed E-state index contributed by atoms with van der Waals surface area (Å²) in [5, 5.41) is 10.8. The first-order valence-electron chi connectivity index (χ1n) is 10.9. The quantitative estimate of drug-likeness (QED) is 0.447. The van der Waals surface area contributed by atoms with Crippen molar-refractivity contribution in [1.29, 1.82) is 0 Å². The highest BCUT2D eigenvalue weighted by atomic mass is 19.4. The van der Waals surface area contributed by atoms with Crippen molar-refractivity contribution in [3.63, 3.8) is 0 Å². The summed E-state index contributed by atoms with van der Waals surface area (Å²) in [6.45, 7) is 5.08. The molecule has 0 N–H and O–H groups in total. The Morgan fingerprint density at radius 1 is 1.26 bits per heavy atom. The number of nitrogens with zero attached hydrogens (tertiary/aromatic N) is 5. The highest BCUT2D eigenvalue weighted by Gasteiger charge is 2.42. The molecule has 2 aliphatic rings. The molecule has 3 heterocycles. The average molecular weight is 495 g/mol. The lowest BCUT2D eigenvalue weighted by Gasteiger charge is -2.37. The van der Waals surface area contributed by atoms with E-state index in [0.717, 1.165) is 12.1 Å². The van der Waals surface area contributed by atoms with Gasteiger partial charge in [-0.25, -0.2) is 4.79 Å². The number of aromatic nitrogens is 2. The van der Waals surface area contributed by atoms with E-state index < -0.39 is 28.4 Å². The molecule has 0 unspecified atom stereocenters. The third-order valence-electron chi connectivity index (χ3n) is 5.80. The van der Waals surface area contributed by atoms with Gasteiger partial charge in [0, 0.05) is 37.7 Å². The van der Waals surface area contributed by atoms with Gasteiger partial charge in [-0.05, 0) is 35.6 Å². The zero-order chi connectivity index (χ0) is 25.2. The molecule has 4 rings (SSSR count). The molecule has 188 valence electrons. The minimum absolute atomic E-state index is 0.00355. The number of alkyl halides is 3. The minimum atomic E-state index is -4.38. The van der Waals surface area contributed by atoms with Gasteiger partial charge in [0.25, 0.3) is 0 Å². The van der Waals surface area contributed by atoms with Gasteiger partial charge in [-0.15, -0.1) is 0 Å². The molecule has 0 aliphatic carbocycles. The monoisotopic (exact) mass is 495 g/mol. The van der Waals surface area contributed by atoms with Crippen molar-refractivity contribution < 1.29 is 32.4 Å². The van der Waals surface area contributed by atoms with E-state index in [2.05, 4.69) is 9.88 Å². The first-order valence-corrected chi connectivity index (χ1v) is 10.9. The molecule has 1 saturated heterocycles. The fourth-order valence-electron chi connectivity index (χ4n) is 4.10. The number of imidazole rings is 1. The fourth-order valence-corrected chi connectivity index (χ4v) is 4.10. The molecule has 1 fully saturated rings. The molecule has 2 aromatic rings. The number of amides is 1. The second-order valence-corrected chi connectivity index (χ2v) is 8.68. The Morgan fingerprint density at radius 2 is 1.94 bits per heavy atom. The summed E-state index contributed by atoms with van der Waals surface area (Å²) >= 11 is 0. The first-order chi connectivity index (χ1) is 16.5. The van der Waals surface area contributed by atoms with Crippen molar-refractivity contribution >= 4 is 18.0 Å². The minimum Gasteiger partial charge on any atom is -0.445 e. The number of hydrogen-bond acceptors (Lipinski definition) is 7. The molecular formula is C22H24F3N5O5. The van der Waals surface area contributed by atoms with E-state index in [4.69, 9.17) is 9.47 Å². The molecule has 1 aromatic heterocycles. The van der Waals surface area contributed by atoms with E-state index in [1.54, 1.807) is 21.6 Å². The standard InChI is InChI=1S/C22H24F3N5O5/c1-21(15-29-13-18(30(32)33)26-19(29)35-21)14-27-8-10-28(11-9-27)20(31)34-12-2-3-16-4-6-17(7-5-16)22(23,24)25/h2-7,13H,8-12,14-15H2,1H3/b3-2+/t21-/m1/s1. The second-order valence-electron chi connectivity index (χ2n) is 8.68. The predicted octanol–water partition coefficient (Wildman–Crippen LogP) is 3.43. The second kappa shape index (κ2) is 9.56. The van der Waals surface area contributed by atoms with Crippen LogP contribution in [0.4, 0.5) is 23.8 Å². The average Bonchev–Trinajstić information content (AvgIpc) is 3.32. The number of carbonyl (C=O) groups is 1. The van der Waals surface area contributed by atoms with Crippen LogP contribution in [0.25, 0.3) is 6.08 Å². The van der Waals surface area contributed by atoms with Crippen LogP contribution in [0.3, 0.4) is 0 Å². The topological polar surface area (TPSA) is 103 Å². The Balaban J connectivity index is 1.18. The Morgan fingerprint density at radius 3 is 2.54 bits per heavy atom. The molecule has 10 nitrogen and oxygen atoms in total. The molecule has 1 amide bonds. The number of halogens is 3. The van der Waals surface area contributed by atoms with Crippen LogP contribution in [0.5, 0.6) is 6.01 Å². The van der Waals surface area contributed by atoms with Crippen molar-refractivity contribution in [2.75, 3.05) is 39.3 Å². The molecular weight excluding hydrogens is 471 g/mol. The lowest BCUT2D eigenvalue weighted by Crippen LogP contribution is -2.54. The normalized spacial score (nSPS) is 20.6. The van der Waals surface area contributed by atoms with Crippen LogP contribution >= 0.6 is 0 Å². The highest BCUT2D eigenvalue weighted by Crippen LogP contribution is 2.32. The fraction of sp³-hybridized carbons (Fsp3) is 0.455. The van der Waals surface area contributed by atoms with Crippen molar-refractivity contribution in [1.82, 2.24) is 19.4 Å². The van der Waals surface area contributed by atoms with Gasteiger partial charge < -0.3 is 24.5 Å². The number of fused-ring (bicyclic) bond motifs is 1. The Labute approximate surface area is 198 Å². The lowest BCUT2D eigenvalue weighted by atomic mass is 10.1. The van der Waals surface area contributed by atoms with E-state index in [0.29, 0.717) is 44.8 Å². The Hall–Kier alpha value is -3.61. The summed E-state index contributed by atoms with van der Waals surface area (Å²) in [6.07, 6.45) is -0.316. The summed E-state index contributed by atoms with van der Waals surface area (Å²) in [6, 6.07) is 4.93. The lowest BCUT2D eigenvalue weighted by molar-refractivity contribution is -0.389. The van der Waals surface area contributed by atoms with Gasteiger partial charge in [0.15, 0.2) is 0 Å². The number of benzene rings is 1.